The zero-order valence-corrected chi connectivity index (χ0v) is 11.7. The molecule has 0 aliphatic carbocycles. The van der Waals surface area contributed by atoms with Gasteiger partial charge >= 0.3 is 0 Å². The topological polar surface area (TPSA) is 56.8 Å². The van der Waals surface area contributed by atoms with Crippen LogP contribution in [-0.4, -0.2) is 6.61 Å². The summed E-state index contributed by atoms with van der Waals surface area (Å²) in [5.41, 5.74) is 2.68. The first-order chi connectivity index (χ1) is 10.3. The largest absolute Gasteiger partial charge is 0.494 e. The van der Waals surface area contributed by atoms with Gasteiger partial charge in [-0.25, -0.2) is 0 Å². The minimum absolute atomic E-state index is 0.515. The molecule has 0 fully saturated rings. The van der Waals surface area contributed by atoms with E-state index in [2.05, 4.69) is 12.1 Å². The van der Waals surface area contributed by atoms with Crippen molar-refractivity contribution in [3.05, 3.63) is 65.2 Å². The number of hydrogen-bond acceptors (Lipinski definition) is 3. The molecule has 2 rings (SSSR count). The average molecular weight is 274 g/mol. The normalized spacial score (nSPS) is 10.5. The summed E-state index contributed by atoms with van der Waals surface area (Å²) in [6, 6.07) is 18.8. The molecule has 2 aromatic rings. The third-order valence-corrected chi connectivity index (χ3v) is 2.90. The van der Waals surface area contributed by atoms with Crippen molar-refractivity contribution in [1.82, 2.24) is 0 Å². The predicted octanol–water partition coefficient (Wildman–Crippen LogP) is 4.02. The van der Waals surface area contributed by atoms with Crippen LogP contribution in [-0.2, 0) is 0 Å². The van der Waals surface area contributed by atoms with E-state index in [9.17, 15) is 5.26 Å². The molecule has 0 saturated heterocycles. The Morgan fingerprint density at radius 2 is 1.95 bits per heavy atom. The van der Waals surface area contributed by atoms with Crippen molar-refractivity contribution in [3.8, 4) is 17.9 Å². The summed E-state index contributed by atoms with van der Waals surface area (Å²) in [6.45, 7) is 2.53. The van der Waals surface area contributed by atoms with Crippen LogP contribution in [0.1, 0.15) is 23.6 Å². The van der Waals surface area contributed by atoms with Gasteiger partial charge in [0.05, 0.1) is 29.9 Å². The zero-order valence-electron chi connectivity index (χ0n) is 11.7. The van der Waals surface area contributed by atoms with Gasteiger partial charge in [0.25, 0.3) is 0 Å². The highest BCUT2D eigenvalue weighted by Crippen LogP contribution is 2.21. The van der Waals surface area contributed by atoms with Crippen LogP contribution >= 0.6 is 0 Å². The van der Waals surface area contributed by atoms with E-state index >= 15 is 0 Å². The maximum Gasteiger partial charge on any atom is 0.119 e. The predicted molar refractivity (Wildman–Crippen MR) is 82.3 cm³/mol. The Labute approximate surface area is 124 Å². The molecule has 0 spiro atoms. The summed E-state index contributed by atoms with van der Waals surface area (Å²) in [5, 5.41) is 18.3. The summed E-state index contributed by atoms with van der Waals surface area (Å²) in [4.78, 5) is 0. The van der Waals surface area contributed by atoms with Crippen LogP contribution in [0, 0.1) is 22.7 Å². The third kappa shape index (κ3) is 3.72. The molecule has 3 nitrogen and oxygen atoms in total. The SMILES string of the molecule is CCOc1cccc(C=C(C#N)c2cccc(C#N)c2)c1. The molecule has 0 amide bonds. The van der Waals surface area contributed by atoms with Crippen molar-refractivity contribution in [2.45, 2.75) is 6.92 Å². The van der Waals surface area contributed by atoms with Crippen LogP contribution in [0.4, 0.5) is 0 Å². The highest BCUT2D eigenvalue weighted by Gasteiger charge is 2.03. The molecular formula is C18H14N2O. The maximum atomic E-state index is 9.34. The Kier molecular flexibility index (Phi) is 4.75. The molecule has 102 valence electrons. The molecule has 0 aliphatic rings. The lowest BCUT2D eigenvalue weighted by Gasteiger charge is -2.04. The summed E-state index contributed by atoms with van der Waals surface area (Å²) in [5.74, 6) is 0.773. The molecule has 0 unspecified atom stereocenters. The Morgan fingerprint density at radius 3 is 2.67 bits per heavy atom. The monoisotopic (exact) mass is 274 g/mol. The fourth-order valence-electron chi connectivity index (χ4n) is 1.96. The number of rotatable bonds is 4. The van der Waals surface area contributed by atoms with Crippen LogP contribution in [0.5, 0.6) is 5.75 Å². The molecule has 0 aliphatic heterocycles. The Morgan fingerprint density at radius 1 is 1.14 bits per heavy atom. The van der Waals surface area contributed by atoms with Crippen molar-refractivity contribution in [3.63, 3.8) is 0 Å². The molecule has 21 heavy (non-hydrogen) atoms. The Hall–Kier alpha value is -3.04. The van der Waals surface area contributed by atoms with E-state index in [-0.39, 0.29) is 0 Å². The fraction of sp³-hybridized carbons (Fsp3) is 0.111. The molecule has 0 heterocycles. The number of nitrogens with zero attached hydrogens (tertiary/aromatic N) is 2. The number of nitriles is 2. The van der Waals surface area contributed by atoms with Crippen LogP contribution in [0.15, 0.2) is 48.5 Å². The second kappa shape index (κ2) is 6.93. The lowest BCUT2D eigenvalue weighted by atomic mass is 10.0. The Bertz CT molecular complexity index is 748. The second-order valence-electron chi connectivity index (χ2n) is 4.37. The lowest BCUT2D eigenvalue weighted by molar-refractivity contribution is 0.340. The highest BCUT2D eigenvalue weighted by atomic mass is 16.5. The molecule has 0 bridgehead atoms. The quantitative estimate of drug-likeness (QED) is 0.625. The summed E-state index contributed by atoms with van der Waals surface area (Å²) in [7, 11) is 0. The van der Waals surface area contributed by atoms with Gasteiger partial charge in [0.15, 0.2) is 0 Å². The van der Waals surface area contributed by atoms with Gasteiger partial charge in [-0.15, -0.1) is 0 Å². The van der Waals surface area contributed by atoms with Gasteiger partial charge in [-0.05, 0) is 48.4 Å². The summed E-state index contributed by atoms with van der Waals surface area (Å²) in [6.07, 6.45) is 1.79. The van der Waals surface area contributed by atoms with Crippen molar-refractivity contribution in [2.24, 2.45) is 0 Å². The van der Waals surface area contributed by atoms with Gasteiger partial charge in [-0.1, -0.05) is 24.3 Å². The van der Waals surface area contributed by atoms with E-state index in [0.29, 0.717) is 17.7 Å². The van der Waals surface area contributed by atoms with Crippen molar-refractivity contribution < 1.29 is 4.74 Å². The van der Waals surface area contributed by atoms with Gasteiger partial charge < -0.3 is 4.74 Å². The van der Waals surface area contributed by atoms with Crippen molar-refractivity contribution >= 4 is 11.6 Å². The number of ether oxygens (including phenoxy) is 1. The van der Waals surface area contributed by atoms with Crippen LogP contribution in [0.25, 0.3) is 11.6 Å². The molecule has 0 atom stereocenters. The van der Waals surface area contributed by atoms with E-state index < -0.39 is 0 Å². The third-order valence-electron chi connectivity index (χ3n) is 2.90. The molecule has 0 aromatic heterocycles. The average Bonchev–Trinajstić information content (AvgIpc) is 2.53. The van der Waals surface area contributed by atoms with Gasteiger partial charge in [0.1, 0.15) is 5.75 Å². The Balaban J connectivity index is 2.39. The first-order valence-corrected chi connectivity index (χ1v) is 6.62. The molecule has 2 aromatic carbocycles. The molecule has 3 heteroatoms. The molecule has 0 radical (unpaired) electrons. The van der Waals surface area contributed by atoms with E-state index in [1.54, 1.807) is 24.3 Å². The van der Waals surface area contributed by atoms with Gasteiger partial charge in [-0.2, -0.15) is 10.5 Å². The van der Waals surface area contributed by atoms with Crippen molar-refractivity contribution in [2.75, 3.05) is 6.61 Å². The first-order valence-electron chi connectivity index (χ1n) is 6.62. The molecule has 0 saturated carbocycles. The lowest BCUT2D eigenvalue weighted by Crippen LogP contribution is -1.91. The summed E-state index contributed by atoms with van der Waals surface area (Å²) >= 11 is 0. The van der Waals surface area contributed by atoms with Crippen molar-refractivity contribution in [1.29, 1.82) is 10.5 Å². The van der Waals surface area contributed by atoms with E-state index in [1.807, 2.05) is 37.3 Å². The molecular weight excluding hydrogens is 260 g/mol. The van der Waals surface area contributed by atoms with E-state index in [0.717, 1.165) is 16.9 Å². The van der Waals surface area contributed by atoms with Gasteiger partial charge in [-0.3, -0.25) is 0 Å². The maximum absolute atomic E-state index is 9.34. The number of benzene rings is 2. The summed E-state index contributed by atoms with van der Waals surface area (Å²) < 4.78 is 5.45. The molecule has 0 N–H and O–H groups in total. The highest BCUT2D eigenvalue weighted by molar-refractivity contribution is 5.90. The number of hydrogen-bond donors (Lipinski definition) is 0. The second-order valence-corrected chi connectivity index (χ2v) is 4.37. The fourth-order valence-corrected chi connectivity index (χ4v) is 1.96. The van der Waals surface area contributed by atoms with Gasteiger partial charge in [0, 0.05) is 0 Å². The van der Waals surface area contributed by atoms with Crippen LogP contribution in [0.2, 0.25) is 0 Å². The standard InChI is InChI=1S/C18H14N2O/c1-2-21-18-8-4-5-14(11-18)9-17(13-20)16-7-3-6-15(10-16)12-19/h3-11H,2H2,1H3. The minimum Gasteiger partial charge on any atom is -0.494 e. The zero-order chi connectivity index (χ0) is 15.1. The minimum atomic E-state index is 0.515. The van der Waals surface area contributed by atoms with E-state index in [4.69, 9.17) is 10.00 Å². The van der Waals surface area contributed by atoms with Gasteiger partial charge in [0.2, 0.25) is 0 Å². The number of allylic oxidation sites excluding steroid dienone is 1. The van der Waals surface area contributed by atoms with Crippen LogP contribution in [0.3, 0.4) is 0 Å². The van der Waals surface area contributed by atoms with Crippen LogP contribution < -0.4 is 4.74 Å². The van der Waals surface area contributed by atoms with E-state index in [1.165, 1.54) is 0 Å². The smallest absolute Gasteiger partial charge is 0.119 e. The first kappa shape index (κ1) is 14.4.